The van der Waals surface area contributed by atoms with Crippen LogP contribution in [-0.2, 0) is 19.3 Å². The molecule has 3 nitrogen and oxygen atoms in total. The van der Waals surface area contributed by atoms with Gasteiger partial charge >= 0.3 is 0 Å². The zero-order valence-electron chi connectivity index (χ0n) is 9.90. The number of hydrogen-bond donors (Lipinski definition) is 1. The highest BCUT2D eigenvalue weighted by Gasteiger charge is 2.22. The minimum atomic E-state index is -0.283. The van der Waals surface area contributed by atoms with E-state index in [0.29, 0.717) is 12.8 Å². The van der Waals surface area contributed by atoms with Crippen molar-refractivity contribution in [2.75, 3.05) is 0 Å². The lowest BCUT2D eigenvalue weighted by Gasteiger charge is -2.13. The van der Waals surface area contributed by atoms with Gasteiger partial charge in [-0.2, -0.15) is 0 Å². The standard InChI is InChI=1S/C14H14ClNO2/c15-10-3-1-9(2-4-10)7-14-16-12-6-5-11(17)8-13(12)18-14/h1-4,11,17H,5-8H2. The minimum absolute atomic E-state index is 0.283. The van der Waals surface area contributed by atoms with Crippen molar-refractivity contribution in [3.05, 3.63) is 52.2 Å². The molecular formula is C14H14ClNO2. The Balaban J connectivity index is 1.79. The lowest BCUT2D eigenvalue weighted by Crippen LogP contribution is -2.17. The summed E-state index contributed by atoms with van der Waals surface area (Å²) in [7, 11) is 0. The van der Waals surface area contributed by atoms with E-state index in [9.17, 15) is 5.11 Å². The Bertz CT molecular complexity index is 547. The first-order valence-electron chi connectivity index (χ1n) is 6.10. The van der Waals surface area contributed by atoms with Gasteiger partial charge < -0.3 is 9.52 Å². The molecular weight excluding hydrogens is 250 g/mol. The third-order valence-corrected chi connectivity index (χ3v) is 3.48. The van der Waals surface area contributed by atoms with Crippen LogP contribution < -0.4 is 0 Å². The number of hydrogen-bond acceptors (Lipinski definition) is 3. The van der Waals surface area contributed by atoms with Crippen molar-refractivity contribution in [1.29, 1.82) is 0 Å². The van der Waals surface area contributed by atoms with Gasteiger partial charge in [-0.3, -0.25) is 0 Å². The van der Waals surface area contributed by atoms with Crippen LogP contribution in [0.3, 0.4) is 0 Å². The average Bonchev–Trinajstić information content (AvgIpc) is 2.73. The van der Waals surface area contributed by atoms with Gasteiger partial charge in [0.25, 0.3) is 0 Å². The Morgan fingerprint density at radius 2 is 2.11 bits per heavy atom. The third kappa shape index (κ3) is 2.42. The first-order chi connectivity index (χ1) is 8.70. The van der Waals surface area contributed by atoms with Crippen LogP contribution >= 0.6 is 11.6 Å². The molecule has 18 heavy (non-hydrogen) atoms. The molecule has 0 bridgehead atoms. The molecule has 1 unspecified atom stereocenters. The van der Waals surface area contributed by atoms with Gasteiger partial charge in [0.05, 0.1) is 11.8 Å². The molecule has 94 valence electrons. The summed E-state index contributed by atoms with van der Waals surface area (Å²) in [6.07, 6.45) is 2.55. The second-order valence-corrected chi connectivity index (χ2v) is 5.11. The summed E-state index contributed by atoms with van der Waals surface area (Å²) in [6.45, 7) is 0. The summed E-state index contributed by atoms with van der Waals surface area (Å²) in [5, 5.41) is 10.3. The van der Waals surface area contributed by atoms with E-state index < -0.39 is 0 Å². The van der Waals surface area contributed by atoms with E-state index in [0.717, 1.165) is 40.8 Å². The summed E-state index contributed by atoms with van der Waals surface area (Å²) < 4.78 is 5.71. The Morgan fingerprint density at radius 3 is 2.89 bits per heavy atom. The normalized spacial score (nSPS) is 18.7. The molecule has 0 amide bonds. The van der Waals surface area contributed by atoms with Gasteiger partial charge in [0.2, 0.25) is 0 Å². The van der Waals surface area contributed by atoms with Crippen LogP contribution in [0.2, 0.25) is 5.02 Å². The number of rotatable bonds is 2. The van der Waals surface area contributed by atoms with Crippen LogP contribution in [-0.4, -0.2) is 16.2 Å². The van der Waals surface area contributed by atoms with E-state index in [-0.39, 0.29) is 6.10 Å². The molecule has 1 N–H and O–H groups in total. The maximum Gasteiger partial charge on any atom is 0.199 e. The highest BCUT2D eigenvalue weighted by atomic mass is 35.5. The lowest BCUT2D eigenvalue weighted by atomic mass is 9.99. The predicted octanol–water partition coefficient (Wildman–Crippen LogP) is 2.77. The molecule has 0 fully saturated rings. The zero-order chi connectivity index (χ0) is 12.5. The number of benzene rings is 1. The van der Waals surface area contributed by atoms with E-state index >= 15 is 0 Å². The van der Waals surface area contributed by atoms with Crippen molar-refractivity contribution in [3.8, 4) is 0 Å². The molecule has 1 atom stereocenters. The second kappa shape index (κ2) is 4.75. The van der Waals surface area contributed by atoms with Crippen molar-refractivity contribution in [1.82, 2.24) is 4.98 Å². The monoisotopic (exact) mass is 263 g/mol. The molecule has 1 aromatic carbocycles. The lowest BCUT2D eigenvalue weighted by molar-refractivity contribution is 0.149. The van der Waals surface area contributed by atoms with Crippen LogP contribution in [0.1, 0.15) is 29.3 Å². The topological polar surface area (TPSA) is 46.3 Å². The van der Waals surface area contributed by atoms with Gasteiger partial charge in [0, 0.05) is 17.9 Å². The first kappa shape index (κ1) is 11.8. The van der Waals surface area contributed by atoms with Gasteiger partial charge in [-0.25, -0.2) is 4.98 Å². The zero-order valence-corrected chi connectivity index (χ0v) is 10.7. The van der Waals surface area contributed by atoms with Gasteiger partial charge in [-0.05, 0) is 30.5 Å². The van der Waals surface area contributed by atoms with Crippen LogP contribution in [0.15, 0.2) is 28.7 Å². The number of aryl methyl sites for hydroxylation is 1. The average molecular weight is 264 g/mol. The van der Waals surface area contributed by atoms with Crippen LogP contribution in [0.5, 0.6) is 0 Å². The van der Waals surface area contributed by atoms with Gasteiger partial charge in [0.15, 0.2) is 5.89 Å². The quantitative estimate of drug-likeness (QED) is 0.906. The fraction of sp³-hybridized carbons (Fsp3) is 0.357. The summed E-state index contributed by atoms with van der Waals surface area (Å²) in [6, 6.07) is 7.67. The Kier molecular flexibility index (Phi) is 3.10. The van der Waals surface area contributed by atoms with E-state index in [1.54, 1.807) is 0 Å². The Morgan fingerprint density at radius 1 is 1.33 bits per heavy atom. The molecule has 0 spiro atoms. The highest BCUT2D eigenvalue weighted by Crippen LogP contribution is 2.23. The molecule has 1 aliphatic carbocycles. The number of halogens is 1. The van der Waals surface area contributed by atoms with Crippen LogP contribution in [0.25, 0.3) is 0 Å². The van der Waals surface area contributed by atoms with Crippen molar-refractivity contribution >= 4 is 11.6 Å². The Hall–Kier alpha value is -1.32. The third-order valence-electron chi connectivity index (χ3n) is 3.23. The molecule has 0 saturated heterocycles. The molecule has 0 aliphatic heterocycles. The predicted molar refractivity (Wildman–Crippen MR) is 68.8 cm³/mol. The van der Waals surface area contributed by atoms with E-state index in [2.05, 4.69) is 4.98 Å². The van der Waals surface area contributed by atoms with Gasteiger partial charge in [-0.15, -0.1) is 0 Å². The minimum Gasteiger partial charge on any atom is -0.445 e. The summed E-state index contributed by atoms with van der Waals surface area (Å²) in [5.41, 5.74) is 2.13. The number of aliphatic hydroxyl groups is 1. The van der Waals surface area contributed by atoms with Crippen molar-refractivity contribution in [2.24, 2.45) is 0 Å². The first-order valence-corrected chi connectivity index (χ1v) is 6.48. The largest absolute Gasteiger partial charge is 0.445 e. The SMILES string of the molecule is OC1CCc2nc(Cc3ccc(Cl)cc3)oc2C1. The van der Waals surface area contributed by atoms with Gasteiger partial charge in [-0.1, -0.05) is 23.7 Å². The molecule has 1 aromatic heterocycles. The molecule has 1 aliphatic rings. The number of nitrogens with zero attached hydrogens (tertiary/aromatic N) is 1. The van der Waals surface area contributed by atoms with E-state index in [4.69, 9.17) is 16.0 Å². The van der Waals surface area contributed by atoms with Crippen molar-refractivity contribution in [3.63, 3.8) is 0 Å². The molecule has 2 aromatic rings. The smallest absolute Gasteiger partial charge is 0.199 e. The molecule has 0 radical (unpaired) electrons. The maximum absolute atomic E-state index is 9.58. The maximum atomic E-state index is 9.58. The second-order valence-electron chi connectivity index (χ2n) is 4.68. The number of aliphatic hydroxyl groups excluding tert-OH is 1. The van der Waals surface area contributed by atoms with E-state index in [1.165, 1.54) is 0 Å². The van der Waals surface area contributed by atoms with E-state index in [1.807, 2.05) is 24.3 Å². The van der Waals surface area contributed by atoms with Gasteiger partial charge in [0.1, 0.15) is 5.76 Å². The molecule has 3 rings (SSSR count). The number of oxazole rings is 1. The van der Waals surface area contributed by atoms with Crippen molar-refractivity contribution in [2.45, 2.75) is 31.8 Å². The Labute approximate surface area is 110 Å². The fourth-order valence-electron chi connectivity index (χ4n) is 2.26. The van der Waals surface area contributed by atoms with Crippen molar-refractivity contribution < 1.29 is 9.52 Å². The van der Waals surface area contributed by atoms with Crippen LogP contribution in [0.4, 0.5) is 0 Å². The number of fused-ring (bicyclic) bond motifs is 1. The molecule has 0 saturated carbocycles. The highest BCUT2D eigenvalue weighted by molar-refractivity contribution is 6.30. The molecule has 1 heterocycles. The summed E-state index contributed by atoms with van der Waals surface area (Å²) in [4.78, 5) is 4.49. The molecule has 4 heteroatoms. The van der Waals surface area contributed by atoms with Crippen LogP contribution in [0, 0.1) is 0 Å². The fourth-order valence-corrected chi connectivity index (χ4v) is 2.39. The summed E-state index contributed by atoms with van der Waals surface area (Å²) in [5.74, 6) is 1.56. The number of aromatic nitrogens is 1. The summed E-state index contributed by atoms with van der Waals surface area (Å²) >= 11 is 5.85.